The van der Waals surface area contributed by atoms with Gasteiger partial charge in [-0.25, -0.2) is 4.79 Å². The van der Waals surface area contributed by atoms with E-state index >= 15 is 0 Å². The van der Waals surface area contributed by atoms with Gasteiger partial charge in [0.25, 0.3) is 5.78 Å². The molecule has 0 radical (unpaired) electrons. The molecule has 0 heterocycles. The van der Waals surface area contributed by atoms with E-state index in [4.69, 9.17) is 9.47 Å². The Hall–Kier alpha value is -1.66. The number of ketones is 1. The van der Waals surface area contributed by atoms with Crippen molar-refractivity contribution >= 4 is 43.6 Å². The first-order valence-electron chi connectivity index (χ1n) is 7.34. The van der Waals surface area contributed by atoms with Crippen LogP contribution in [0.25, 0.3) is 0 Å². The molecule has 2 rings (SSSR count). The summed E-state index contributed by atoms with van der Waals surface area (Å²) in [5.74, 6) is -0.830. The molecule has 2 aromatic rings. The first-order chi connectivity index (χ1) is 11.5. The number of hydrogen-bond donors (Lipinski definition) is 0. The number of halogens is 2. The maximum atomic E-state index is 12.0. The molecular weight excluding hydrogens is 440 g/mol. The number of alkyl halides is 1. The quantitative estimate of drug-likeness (QED) is 0.348. The Morgan fingerprint density at radius 2 is 1.83 bits per heavy atom. The van der Waals surface area contributed by atoms with E-state index in [0.717, 1.165) is 5.56 Å². The SMILES string of the molecule is CCOC(=O)C(=O)C(Br)c1ccc(OCc2ccccc2)cc1Br. The normalized spacial score (nSPS) is 11.6. The molecule has 0 aliphatic rings. The van der Waals surface area contributed by atoms with Gasteiger partial charge in [0.05, 0.1) is 6.61 Å². The number of ether oxygens (including phenoxy) is 2. The number of hydrogen-bond acceptors (Lipinski definition) is 4. The van der Waals surface area contributed by atoms with E-state index < -0.39 is 16.6 Å². The van der Waals surface area contributed by atoms with Crippen LogP contribution in [-0.4, -0.2) is 18.4 Å². The highest BCUT2D eigenvalue weighted by Gasteiger charge is 2.27. The van der Waals surface area contributed by atoms with Crippen LogP contribution in [-0.2, 0) is 20.9 Å². The summed E-state index contributed by atoms with van der Waals surface area (Å²) in [5.41, 5.74) is 1.70. The molecule has 0 aliphatic carbocycles. The Balaban J connectivity index is 2.06. The van der Waals surface area contributed by atoms with Gasteiger partial charge in [-0.15, -0.1) is 0 Å². The number of carbonyl (C=O) groups excluding carboxylic acids is 2. The van der Waals surface area contributed by atoms with Crippen LogP contribution in [0.15, 0.2) is 53.0 Å². The largest absolute Gasteiger partial charge is 0.489 e. The van der Waals surface area contributed by atoms with Crippen LogP contribution in [0.2, 0.25) is 0 Å². The predicted molar refractivity (Wildman–Crippen MR) is 98.2 cm³/mol. The topological polar surface area (TPSA) is 52.6 Å². The van der Waals surface area contributed by atoms with Gasteiger partial charge in [-0.3, -0.25) is 4.79 Å². The minimum absolute atomic E-state index is 0.164. The molecular formula is C18H16Br2O4. The van der Waals surface area contributed by atoms with Crippen LogP contribution < -0.4 is 4.74 Å². The van der Waals surface area contributed by atoms with Crippen LogP contribution in [0.1, 0.15) is 22.9 Å². The van der Waals surface area contributed by atoms with Gasteiger partial charge in [0.1, 0.15) is 17.2 Å². The minimum Gasteiger partial charge on any atom is -0.489 e. The first kappa shape index (κ1) is 18.7. The summed E-state index contributed by atoms with van der Waals surface area (Å²) < 4.78 is 11.1. The third-order valence-corrected chi connectivity index (χ3v) is 4.80. The van der Waals surface area contributed by atoms with Crippen molar-refractivity contribution in [3.05, 3.63) is 64.1 Å². The zero-order valence-electron chi connectivity index (χ0n) is 13.0. The van der Waals surface area contributed by atoms with Crippen LogP contribution in [0.4, 0.5) is 0 Å². The number of rotatable bonds is 7. The van der Waals surface area contributed by atoms with Crippen molar-refractivity contribution < 1.29 is 19.1 Å². The number of esters is 1. The van der Waals surface area contributed by atoms with Crippen LogP contribution in [0.5, 0.6) is 5.75 Å². The molecule has 4 nitrogen and oxygen atoms in total. The number of carbonyl (C=O) groups is 2. The van der Waals surface area contributed by atoms with E-state index in [9.17, 15) is 9.59 Å². The third kappa shape index (κ3) is 4.92. The molecule has 6 heteroatoms. The lowest BCUT2D eigenvalue weighted by Gasteiger charge is -2.13. The van der Waals surface area contributed by atoms with Gasteiger partial charge >= 0.3 is 5.97 Å². The van der Waals surface area contributed by atoms with Crippen LogP contribution in [0.3, 0.4) is 0 Å². The number of Topliss-reactive ketones (excluding diaryl/α,β-unsaturated/α-hetero) is 1. The second-order valence-electron chi connectivity index (χ2n) is 4.90. The highest BCUT2D eigenvalue weighted by Crippen LogP contribution is 2.33. The minimum atomic E-state index is -0.851. The molecule has 0 fully saturated rings. The Morgan fingerprint density at radius 1 is 1.12 bits per heavy atom. The van der Waals surface area contributed by atoms with E-state index in [1.165, 1.54) is 0 Å². The van der Waals surface area contributed by atoms with Gasteiger partial charge in [0.15, 0.2) is 0 Å². The zero-order valence-corrected chi connectivity index (χ0v) is 16.2. The van der Waals surface area contributed by atoms with Crippen molar-refractivity contribution in [1.82, 2.24) is 0 Å². The van der Waals surface area contributed by atoms with Crippen molar-refractivity contribution in [2.75, 3.05) is 6.61 Å². The molecule has 0 saturated carbocycles. The summed E-state index contributed by atoms with van der Waals surface area (Å²) in [6.07, 6.45) is 0. The zero-order chi connectivity index (χ0) is 17.5. The van der Waals surface area contributed by atoms with Crippen molar-refractivity contribution in [2.45, 2.75) is 18.4 Å². The van der Waals surface area contributed by atoms with Gasteiger partial charge in [-0.05, 0) is 30.2 Å². The lowest BCUT2D eigenvalue weighted by Crippen LogP contribution is -2.21. The average Bonchev–Trinajstić information content (AvgIpc) is 2.60. The standard InChI is InChI=1S/C18H16Br2O4/c1-2-23-18(22)17(21)16(20)14-9-8-13(10-15(14)19)24-11-12-6-4-3-5-7-12/h3-10,16H,2,11H2,1H3. The summed E-state index contributed by atoms with van der Waals surface area (Å²) >= 11 is 6.67. The predicted octanol–water partition coefficient (Wildman–Crippen LogP) is 4.60. The van der Waals surface area contributed by atoms with Crippen LogP contribution in [0, 0.1) is 0 Å². The van der Waals surface area contributed by atoms with Gasteiger partial charge in [0.2, 0.25) is 0 Å². The van der Waals surface area contributed by atoms with Gasteiger partial charge in [-0.1, -0.05) is 68.3 Å². The molecule has 24 heavy (non-hydrogen) atoms. The van der Waals surface area contributed by atoms with Crippen molar-refractivity contribution in [2.24, 2.45) is 0 Å². The first-order valence-corrected chi connectivity index (χ1v) is 9.05. The van der Waals surface area contributed by atoms with Gasteiger partial charge < -0.3 is 9.47 Å². The molecule has 0 bridgehead atoms. The Kier molecular flexibility index (Phi) is 6.99. The maximum absolute atomic E-state index is 12.0. The summed E-state index contributed by atoms with van der Waals surface area (Å²) in [7, 11) is 0. The fraction of sp³-hybridized carbons (Fsp3) is 0.222. The molecule has 0 amide bonds. The summed E-state index contributed by atoms with van der Waals surface area (Å²) in [5, 5.41) is 0. The second kappa shape index (κ2) is 8.99. The number of benzene rings is 2. The fourth-order valence-electron chi connectivity index (χ4n) is 1.99. The van der Waals surface area contributed by atoms with E-state index in [0.29, 0.717) is 22.4 Å². The van der Waals surface area contributed by atoms with Gasteiger partial charge in [0, 0.05) is 4.47 Å². The van der Waals surface area contributed by atoms with E-state index in [2.05, 4.69) is 31.9 Å². The molecule has 126 valence electrons. The summed E-state index contributed by atoms with van der Waals surface area (Å²) in [4.78, 5) is 22.8. The second-order valence-corrected chi connectivity index (χ2v) is 6.67. The Morgan fingerprint density at radius 3 is 2.46 bits per heavy atom. The lowest BCUT2D eigenvalue weighted by atomic mass is 10.1. The third-order valence-electron chi connectivity index (χ3n) is 3.20. The van der Waals surface area contributed by atoms with Crippen LogP contribution >= 0.6 is 31.9 Å². The molecule has 0 aliphatic heterocycles. The average molecular weight is 456 g/mol. The highest BCUT2D eigenvalue weighted by molar-refractivity contribution is 9.11. The van der Waals surface area contributed by atoms with Crippen molar-refractivity contribution in [3.8, 4) is 5.75 Å². The maximum Gasteiger partial charge on any atom is 0.376 e. The summed E-state index contributed by atoms with van der Waals surface area (Å²) in [6.45, 7) is 2.27. The molecule has 0 saturated heterocycles. The van der Waals surface area contributed by atoms with E-state index in [-0.39, 0.29) is 6.61 Å². The highest BCUT2D eigenvalue weighted by atomic mass is 79.9. The molecule has 2 aromatic carbocycles. The monoisotopic (exact) mass is 454 g/mol. The van der Waals surface area contributed by atoms with Crippen molar-refractivity contribution in [3.63, 3.8) is 0 Å². The Bertz CT molecular complexity index is 716. The molecule has 0 spiro atoms. The van der Waals surface area contributed by atoms with E-state index in [1.54, 1.807) is 25.1 Å². The fourth-order valence-corrected chi connectivity index (χ4v) is 3.47. The smallest absolute Gasteiger partial charge is 0.376 e. The van der Waals surface area contributed by atoms with Crippen molar-refractivity contribution in [1.29, 1.82) is 0 Å². The Labute approximate surface area is 157 Å². The molecule has 0 N–H and O–H groups in total. The van der Waals surface area contributed by atoms with Gasteiger partial charge in [-0.2, -0.15) is 0 Å². The molecule has 0 aromatic heterocycles. The summed E-state index contributed by atoms with van der Waals surface area (Å²) in [6, 6.07) is 15.1. The lowest BCUT2D eigenvalue weighted by molar-refractivity contribution is -0.153. The molecule has 1 atom stereocenters. The molecule has 1 unspecified atom stereocenters. The van der Waals surface area contributed by atoms with E-state index in [1.807, 2.05) is 30.3 Å².